The van der Waals surface area contributed by atoms with Crippen LogP contribution in [-0.2, 0) is 22.2 Å². The molecule has 0 aromatic heterocycles. The number of rotatable bonds is 7. The standard InChI is InChI=1S/C10H20O2S.K/c1-3-5-6-9(4-2)7-12-10(11)8-13;/h9,13H,3-8H2,1-2H3;/q;+1/p-1. The third kappa shape index (κ3) is 9.99. The molecule has 0 aliphatic heterocycles. The second-order valence-electron chi connectivity index (χ2n) is 3.24. The molecule has 2 nitrogen and oxygen atoms in total. The molecule has 0 bridgehead atoms. The van der Waals surface area contributed by atoms with Crippen molar-refractivity contribution in [2.24, 2.45) is 5.92 Å². The van der Waals surface area contributed by atoms with E-state index in [1.807, 2.05) is 0 Å². The summed E-state index contributed by atoms with van der Waals surface area (Å²) < 4.78 is 5.00. The molecule has 0 aliphatic rings. The Hall–Kier alpha value is 1.46. The number of unbranched alkanes of at least 4 members (excludes halogenated alkanes) is 1. The summed E-state index contributed by atoms with van der Waals surface area (Å²) >= 11 is 4.58. The Bertz CT molecular complexity index is 142. The van der Waals surface area contributed by atoms with Gasteiger partial charge in [0, 0.05) is 0 Å². The van der Waals surface area contributed by atoms with Crippen LogP contribution in [0.2, 0.25) is 0 Å². The summed E-state index contributed by atoms with van der Waals surface area (Å²) in [6.45, 7) is 4.84. The van der Waals surface area contributed by atoms with E-state index in [1.165, 1.54) is 12.8 Å². The normalized spacial score (nSPS) is 11.6. The van der Waals surface area contributed by atoms with Crippen molar-refractivity contribution in [3.8, 4) is 0 Å². The first-order valence-electron chi connectivity index (χ1n) is 4.98. The molecule has 78 valence electrons. The van der Waals surface area contributed by atoms with Crippen LogP contribution in [0.25, 0.3) is 0 Å². The molecule has 1 atom stereocenters. The van der Waals surface area contributed by atoms with Gasteiger partial charge in [-0.3, -0.25) is 4.79 Å². The van der Waals surface area contributed by atoms with Gasteiger partial charge in [-0.05, 0) is 12.3 Å². The Morgan fingerprint density at radius 3 is 2.50 bits per heavy atom. The molecule has 0 rings (SSSR count). The largest absolute Gasteiger partial charge is 1.00 e. The van der Waals surface area contributed by atoms with Gasteiger partial charge in [0.25, 0.3) is 5.97 Å². The van der Waals surface area contributed by atoms with E-state index < -0.39 is 0 Å². The maximum absolute atomic E-state index is 10.8. The molecule has 0 fully saturated rings. The summed E-state index contributed by atoms with van der Waals surface area (Å²) in [5.74, 6) is 0.333. The zero-order valence-electron chi connectivity index (χ0n) is 9.54. The van der Waals surface area contributed by atoms with Crippen LogP contribution in [0, 0.1) is 5.92 Å². The second-order valence-corrected chi connectivity index (χ2v) is 3.53. The van der Waals surface area contributed by atoms with E-state index in [9.17, 15) is 4.79 Å². The van der Waals surface area contributed by atoms with Gasteiger partial charge in [-0.2, -0.15) is 0 Å². The summed E-state index contributed by atoms with van der Waals surface area (Å²) in [5, 5.41) is 0. The molecular formula is C10H19KO2S. The Morgan fingerprint density at radius 1 is 1.43 bits per heavy atom. The van der Waals surface area contributed by atoms with Crippen molar-refractivity contribution in [1.29, 1.82) is 0 Å². The molecule has 0 spiro atoms. The minimum Gasteiger partial charge on any atom is -0.782 e. The summed E-state index contributed by atoms with van der Waals surface area (Å²) in [5.41, 5.74) is 0. The SMILES string of the molecule is CCCCC(CC)COC(=O)C[S-].[K+]. The molecular weight excluding hydrogens is 223 g/mol. The number of esters is 1. The zero-order valence-corrected chi connectivity index (χ0v) is 13.5. The fraction of sp³-hybridized carbons (Fsp3) is 0.900. The number of hydrogen-bond donors (Lipinski definition) is 0. The molecule has 14 heavy (non-hydrogen) atoms. The van der Waals surface area contributed by atoms with E-state index in [4.69, 9.17) is 4.74 Å². The molecule has 0 saturated carbocycles. The van der Waals surface area contributed by atoms with Crippen molar-refractivity contribution in [1.82, 2.24) is 0 Å². The molecule has 0 N–H and O–H groups in total. The van der Waals surface area contributed by atoms with Crippen LogP contribution in [-0.4, -0.2) is 18.3 Å². The van der Waals surface area contributed by atoms with Gasteiger partial charge in [-0.25, -0.2) is 0 Å². The van der Waals surface area contributed by atoms with Crippen LogP contribution < -0.4 is 51.4 Å². The fourth-order valence-corrected chi connectivity index (χ4v) is 1.23. The number of carbonyl (C=O) groups is 1. The summed E-state index contributed by atoms with van der Waals surface area (Å²) in [7, 11) is 0. The summed E-state index contributed by atoms with van der Waals surface area (Å²) in [6, 6.07) is 0. The minimum atomic E-state index is -0.259. The van der Waals surface area contributed by atoms with E-state index in [0.29, 0.717) is 12.5 Å². The molecule has 0 aliphatic carbocycles. The van der Waals surface area contributed by atoms with Crippen molar-refractivity contribution in [3.05, 3.63) is 0 Å². The van der Waals surface area contributed by atoms with Gasteiger partial charge in [0.2, 0.25) is 0 Å². The molecule has 0 saturated heterocycles. The number of ether oxygens (including phenoxy) is 1. The first kappa shape index (κ1) is 17.8. The van der Waals surface area contributed by atoms with Gasteiger partial charge < -0.3 is 17.4 Å². The average molecular weight is 242 g/mol. The first-order valence-corrected chi connectivity index (χ1v) is 5.56. The molecule has 0 amide bonds. The minimum absolute atomic E-state index is 0. The number of hydrogen-bond acceptors (Lipinski definition) is 3. The quantitative estimate of drug-likeness (QED) is 0.335. The summed E-state index contributed by atoms with van der Waals surface area (Å²) in [6.07, 6.45) is 4.64. The average Bonchev–Trinajstić information content (AvgIpc) is 2.17. The van der Waals surface area contributed by atoms with Gasteiger partial charge in [-0.15, -0.1) is 0 Å². The van der Waals surface area contributed by atoms with Gasteiger partial charge in [0.1, 0.15) is 0 Å². The third-order valence-electron chi connectivity index (χ3n) is 2.14. The Kier molecular flexibility index (Phi) is 16.0. The molecule has 0 radical (unpaired) electrons. The Morgan fingerprint density at radius 2 is 2.07 bits per heavy atom. The molecule has 0 heterocycles. The van der Waals surface area contributed by atoms with Crippen LogP contribution in [0.3, 0.4) is 0 Å². The molecule has 0 aromatic carbocycles. The second kappa shape index (κ2) is 12.5. The van der Waals surface area contributed by atoms with Crippen LogP contribution in [0.15, 0.2) is 0 Å². The van der Waals surface area contributed by atoms with Crippen LogP contribution in [0.5, 0.6) is 0 Å². The monoisotopic (exact) mass is 242 g/mol. The first-order chi connectivity index (χ1) is 6.24. The van der Waals surface area contributed by atoms with Crippen LogP contribution in [0.4, 0.5) is 0 Å². The summed E-state index contributed by atoms with van der Waals surface area (Å²) in [4.78, 5) is 10.8. The van der Waals surface area contributed by atoms with Crippen molar-refractivity contribution in [2.45, 2.75) is 39.5 Å². The van der Waals surface area contributed by atoms with Crippen molar-refractivity contribution < 1.29 is 60.9 Å². The topological polar surface area (TPSA) is 26.3 Å². The van der Waals surface area contributed by atoms with Crippen molar-refractivity contribution in [3.63, 3.8) is 0 Å². The zero-order chi connectivity index (χ0) is 10.1. The van der Waals surface area contributed by atoms with E-state index in [0.717, 1.165) is 12.8 Å². The van der Waals surface area contributed by atoms with Crippen molar-refractivity contribution in [2.75, 3.05) is 12.4 Å². The van der Waals surface area contributed by atoms with Crippen molar-refractivity contribution >= 4 is 18.6 Å². The van der Waals surface area contributed by atoms with Crippen LogP contribution in [0.1, 0.15) is 39.5 Å². The van der Waals surface area contributed by atoms with Gasteiger partial charge >= 0.3 is 51.4 Å². The maximum atomic E-state index is 10.8. The van der Waals surface area contributed by atoms with E-state index in [2.05, 4.69) is 26.5 Å². The fourth-order valence-electron chi connectivity index (χ4n) is 1.15. The number of carbonyl (C=O) groups excluding carboxylic acids is 1. The van der Waals surface area contributed by atoms with Crippen LogP contribution >= 0.6 is 0 Å². The third-order valence-corrected chi connectivity index (χ3v) is 2.38. The Labute approximate surface area is 135 Å². The predicted molar refractivity (Wildman–Crippen MR) is 56.5 cm³/mol. The van der Waals surface area contributed by atoms with E-state index >= 15 is 0 Å². The Balaban J connectivity index is 0. The molecule has 4 heteroatoms. The maximum Gasteiger partial charge on any atom is 1.00 e. The molecule has 0 aromatic rings. The van der Waals surface area contributed by atoms with Gasteiger partial charge in [0.05, 0.1) is 6.61 Å². The smallest absolute Gasteiger partial charge is 0.782 e. The van der Waals surface area contributed by atoms with Gasteiger partial charge in [0.15, 0.2) is 0 Å². The van der Waals surface area contributed by atoms with Gasteiger partial charge in [-0.1, -0.05) is 38.9 Å². The predicted octanol–water partition coefficient (Wildman–Crippen LogP) is -0.703. The van der Waals surface area contributed by atoms with E-state index in [1.54, 1.807) is 0 Å². The molecule has 1 unspecified atom stereocenters. The van der Waals surface area contributed by atoms with E-state index in [-0.39, 0.29) is 63.1 Å².